The van der Waals surface area contributed by atoms with E-state index in [0.29, 0.717) is 32.0 Å². The summed E-state index contributed by atoms with van der Waals surface area (Å²) >= 11 is 18.4. The average molecular weight is 439 g/mol. The first-order valence-electron chi connectivity index (χ1n) is 8.54. The van der Waals surface area contributed by atoms with Crippen LogP contribution in [-0.4, -0.2) is 33.4 Å². The topological polar surface area (TPSA) is 67.2 Å². The van der Waals surface area contributed by atoms with Gasteiger partial charge in [0.2, 0.25) is 0 Å². The summed E-state index contributed by atoms with van der Waals surface area (Å²) in [6, 6.07) is 11.9. The van der Waals surface area contributed by atoms with E-state index in [2.05, 4.69) is 10.4 Å². The normalized spacial score (nSPS) is 12.1. The summed E-state index contributed by atoms with van der Waals surface area (Å²) in [7, 11) is 0. The summed E-state index contributed by atoms with van der Waals surface area (Å²) in [6.45, 7) is 3.36. The van der Waals surface area contributed by atoms with Crippen LogP contribution in [-0.2, 0) is 0 Å². The number of rotatable bonds is 5. The fourth-order valence-corrected chi connectivity index (χ4v) is 3.44. The van der Waals surface area contributed by atoms with E-state index in [1.54, 1.807) is 41.9 Å². The molecule has 0 unspecified atom stereocenters. The fraction of sp³-hybridized carbons (Fsp3) is 0.200. The van der Waals surface area contributed by atoms with E-state index < -0.39 is 6.04 Å². The highest BCUT2D eigenvalue weighted by Crippen LogP contribution is 2.33. The van der Waals surface area contributed by atoms with Crippen molar-refractivity contribution < 1.29 is 9.90 Å². The minimum atomic E-state index is -0.393. The molecule has 0 aliphatic heterocycles. The molecule has 0 spiro atoms. The highest BCUT2D eigenvalue weighted by molar-refractivity contribution is 6.35. The van der Waals surface area contributed by atoms with Crippen LogP contribution in [0, 0.1) is 6.92 Å². The van der Waals surface area contributed by atoms with Crippen LogP contribution in [0.5, 0.6) is 0 Å². The molecule has 28 heavy (non-hydrogen) atoms. The van der Waals surface area contributed by atoms with E-state index in [1.807, 2.05) is 19.1 Å². The molecule has 1 aromatic heterocycles. The van der Waals surface area contributed by atoms with E-state index in [0.717, 1.165) is 5.56 Å². The van der Waals surface area contributed by atoms with Crippen molar-refractivity contribution in [3.05, 3.63) is 68.8 Å². The Labute approximate surface area is 177 Å². The van der Waals surface area contributed by atoms with E-state index in [1.165, 1.54) is 0 Å². The van der Waals surface area contributed by atoms with Crippen molar-refractivity contribution in [2.45, 2.75) is 19.9 Å². The third-order valence-electron chi connectivity index (χ3n) is 4.24. The van der Waals surface area contributed by atoms with Crippen LogP contribution in [0.3, 0.4) is 0 Å². The van der Waals surface area contributed by atoms with Crippen molar-refractivity contribution >= 4 is 40.7 Å². The summed E-state index contributed by atoms with van der Waals surface area (Å²) in [5.74, 6) is -0.377. The van der Waals surface area contributed by atoms with Crippen LogP contribution in [0.15, 0.2) is 42.5 Å². The third kappa shape index (κ3) is 4.18. The minimum Gasteiger partial charge on any atom is -0.394 e. The first-order valence-corrected chi connectivity index (χ1v) is 9.68. The molecule has 1 amide bonds. The zero-order valence-electron chi connectivity index (χ0n) is 15.2. The lowest BCUT2D eigenvalue weighted by Crippen LogP contribution is -2.35. The zero-order valence-corrected chi connectivity index (χ0v) is 17.5. The number of hydrogen-bond acceptors (Lipinski definition) is 3. The van der Waals surface area contributed by atoms with E-state index in [-0.39, 0.29) is 18.2 Å². The molecular weight excluding hydrogens is 421 g/mol. The van der Waals surface area contributed by atoms with Crippen molar-refractivity contribution in [2.24, 2.45) is 0 Å². The number of aromatic nitrogens is 2. The van der Waals surface area contributed by atoms with Crippen molar-refractivity contribution in [1.29, 1.82) is 0 Å². The van der Waals surface area contributed by atoms with Crippen LogP contribution in [0.2, 0.25) is 15.1 Å². The van der Waals surface area contributed by atoms with E-state index in [4.69, 9.17) is 34.8 Å². The summed E-state index contributed by atoms with van der Waals surface area (Å²) in [4.78, 5) is 12.7. The van der Waals surface area contributed by atoms with Crippen molar-refractivity contribution in [3.8, 4) is 16.9 Å². The Morgan fingerprint density at radius 2 is 1.79 bits per heavy atom. The molecule has 1 atom stereocenters. The molecule has 0 fully saturated rings. The first kappa shape index (κ1) is 20.7. The van der Waals surface area contributed by atoms with Crippen LogP contribution < -0.4 is 5.32 Å². The maximum absolute atomic E-state index is 12.7. The van der Waals surface area contributed by atoms with Gasteiger partial charge >= 0.3 is 0 Å². The predicted octanol–water partition coefficient (Wildman–Crippen LogP) is 4.92. The Morgan fingerprint density at radius 3 is 2.39 bits per heavy atom. The summed E-state index contributed by atoms with van der Waals surface area (Å²) in [5.41, 5.74) is 3.05. The fourth-order valence-electron chi connectivity index (χ4n) is 2.82. The third-order valence-corrected chi connectivity index (χ3v) is 5.03. The number of nitrogens with one attached hydrogen (secondary N) is 1. The number of amides is 1. The monoisotopic (exact) mass is 437 g/mol. The number of carbonyl (C=O) groups excluding carboxylic acids is 1. The zero-order chi connectivity index (χ0) is 20.4. The lowest BCUT2D eigenvalue weighted by Gasteiger charge is -2.11. The number of hydrogen-bond donors (Lipinski definition) is 2. The second-order valence-corrected chi connectivity index (χ2v) is 7.67. The molecule has 8 heteroatoms. The standard InChI is InChI=1S/C20H18Cl3N3O2/c1-11(10-27)24-20(28)18-12(2)19(13-3-5-14(21)6-4-13)26(25-18)17-8-7-15(22)9-16(17)23/h3-9,11,27H,10H2,1-2H3,(H,24,28)/t11-/m1/s1. The molecule has 0 aliphatic carbocycles. The number of halogens is 3. The summed E-state index contributed by atoms with van der Waals surface area (Å²) in [5, 5.41) is 18.0. The minimum absolute atomic E-state index is 0.168. The van der Waals surface area contributed by atoms with Gasteiger partial charge in [-0.15, -0.1) is 0 Å². The molecule has 3 rings (SSSR count). The average Bonchev–Trinajstić information content (AvgIpc) is 2.99. The van der Waals surface area contributed by atoms with Gasteiger partial charge in [-0.05, 0) is 44.2 Å². The molecule has 0 radical (unpaired) electrons. The molecule has 0 saturated carbocycles. The van der Waals surface area contributed by atoms with E-state index in [9.17, 15) is 9.90 Å². The number of aliphatic hydroxyl groups excluding tert-OH is 1. The molecular formula is C20H18Cl3N3O2. The van der Waals surface area contributed by atoms with Crippen LogP contribution in [0.25, 0.3) is 16.9 Å². The summed E-state index contributed by atoms with van der Waals surface area (Å²) in [6.07, 6.45) is 0. The van der Waals surface area contributed by atoms with Gasteiger partial charge in [0.25, 0.3) is 5.91 Å². The maximum Gasteiger partial charge on any atom is 0.272 e. The Morgan fingerprint density at radius 1 is 1.14 bits per heavy atom. The van der Waals surface area contributed by atoms with Gasteiger partial charge in [0, 0.05) is 27.2 Å². The van der Waals surface area contributed by atoms with Crippen LogP contribution >= 0.6 is 34.8 Å². The van der Waals surface area contributed by atoms with Gasteiger partial charge in [-0.25, -0.2) is 4.68 Å². The molecule has 3 aromatic rings. The molecule has 0 aliphatic rings. The van der Waals surface area contributed by atoms with Gasteiger partial charge in [-0.2, -0.15) is 5.10 Å². The number of nitrogens with zero attached hydrogens (tertiary/aromatic N) is 2. The Bertz CT molecular complexity index is 1020. The van der Waals surface area contributed by atoms with Gasteiger partial charge in [0.15, 0.2) is 5.69 Å². The molecule has 5 nitrogen and oxygen atoms in total. The number of benzene rings is 2. The second kappa shape index (κ2) is 8.53. The van der Waals surface area contributed by atoms with E-state index >= 15 is 0 Å². The van der Waals surface area contributed by atoms with Crippen molar-refractivity contribution in [1.82, 2.24) is 15.1 Å². The van der Waals surface area contributed by atoms with Gasteiger partial charge in [-0.3, -0.25) is 4.79 Å². The van der Waals surface area contributed by atoms with Crippen LogP contribution in [0.4, 0.5) is 0 Å². The smallest absolute Gasteiger partial charge is 0.272 e. The molecule has 2 aromatic carbocycles. The highest BCUT2D eigenvalue weighted by Gasteiger charge is 2.23. The van der Waals surface area contributed by atoms with Crippen molar-refractivity contribution in [2.75, 3.05) is 6.61 Å². The summed E-state index contributed by atoms with van der Waals surface area (Å²) < 4.78 is 1.62. The lowest BCUT2D eigenvalue weighted by molar-refractivity contribution is 0.0916. The Hall–Kier alpha value is -2.05. The number of carbonyl (C=O) groups is 1. The van der Waals surface area contributed by atoms with Crippen LogP contribution in [0.1, 0.15) is 23.0 Å². The van der Waals surface area contributed by atoms with Gasteiger partial charge in [0.05, 0.1) is 23.0 Å². The molecule has 2 N–H and O–H groups in total. The van der Waals surface area contributed by atoms with Crippen molar-refractivity contribution in [3.63, 3.8) is 0 Å². The molecule has 146 valence electrons. The Balaban J connectivity index is 2.20. The lowest BCUT2D eigenvalue weighted by atomic mass is 10.1. The quantitative estimate of drug-likeness (QED) is 0.594. The Kier molecular flexibility index (Phi) is 6.30. The van der Waals surface area contributed by atoms with Gasteiger partial charge in [-0.1, -0.05) is 46.9 Å². The first-order chi connectivity index (χ1) is 13.3. The van der Waals surface area contributed by atoms with Gasteiger partial charge in [0.1, 0.15) is 0 Å². The largest absolute Gasteiger partial charge is 0.394 e. The number of aliphatic hydroxyl groups is 1. The SMILES string of the molecule is Cc1c(C(=O)N[C@H](C)CO)nn(-c2ccc(Cl)cc2Cl)c1-c1ccc(Cl)cc1. The molecule has 0 bridgehead atoms. The predicted molar refractivity (Wildman–Crippen MR) is 113 cm³/mol. The highest BCUT2D eigenvalue weighted by atomic mass is 35.5. The maximum atomic E-state index is 12.7. The molecule has 0 saturated heterocycles. The molecule has 1 heterocycles. The second-order valence-electron chi connectivity index (χ2n) is 6.39. The van der Waals surface area contributed by atoms with Gasteiger partial charge < -0.3 is 10.4 Å².